The van der Waals surface area contributed by atoms with Crippen LogP contribution in [-0.2, 0) is 16.8 Å². The summed E-state index contributed by atoms with van der Waals surface area (Å²) in [6, 6.07) is 25.5. The zero-order chi connectivity index (χ0) is 30.6. The number of nitrogens with one attached hydrogen (secondary N) is 1. The van der Waals surface area contributed by atoms with Crippen LogP contribution >= 0.6 is 23.2 Å². The number of likely N-dealkylation sites (N-methyl/N-ethyl adjacent to an activating group) is 1. The van der Waals surface area contributed by atoms with Gasteiger partial charge in [-0.3, -0.25) is 14.8 Å². The predicted molar refractivity (Wildman–Crippen MR) is 171 cm³/mol. The fourth-order valence-corrected chi connectivity index (χ4v) is 5.52. The van der Waals surface area contributed by atoms with Crippen molar-refractivity contribution >= 4 is 34.9 Å². The first kappa shape index (κ1) is 30.4. The summed E-state index contributed by atoms with van der Waals surface area (Å²) in [6.45, 7) is 4.38. The maximum Gasteiger partial charge on any atom is 0.255 e. The second kappa shape index (κ2) is 13.1. The lowest BCUT2D eigenvalue weighted by molar-refractivity contribution is -0.137. The minimum atomic E-state index is -1.30. The Hall–Kier alpha value is -4.07. The highest BCUT2D eigenvalue weighted by Gasteiger charge is 2.54. The van der Waals surface area contributed by atoms with E-state index in [1.54, 1.807) is 30.3 Å². The number of amides is 1. The molecule has 0 radical (unpaired) electrons. The summed E-state index contributed by atoms with van der Waals surface area (Å²) in [7, 11) is 3.42. The number of methoxy groups -OCH3 is 1. The minimum Gasteiger partial charge on any atom is -0.497 e. The molecule has 0 bridgehead atoms. The molecule has 1 N–H and O–H groups in total. The molecule has 2 atom stereocenters. The third kappa shape index (κ3) is 6.48. The highest BCUT2D eigenvalue weighted by Crippen LogP contribution is 2.45. The molecule has 43 heavy (non-hydrogen) atoms. The zero-order valence-corrected chi connectivity index (χ0v) is 26.1. The van der Waals surface area contributed by atoms with Crippen molar-refractivity contribution in [3.8, 4) is 11.5 Å². The van der Waals surface area contributed by atoms with Crippen molar-refractivity contribution in [1.29, 1.82) is 0 Å². The third-order valence-electron chi connectivity index (χ3n) is 7.39. The van der Waals surface area contributed by atoms with Gasteiger partial charge >= 0.3 is 0 Å². The minimum absolute atomic E-state index is 0.0969. The summed E-state index contributed by atoms with van der Waals surface area (Å²) < 4.78 is 11.7. The Morgan fingerprint density at radius 2 is 1.70 bits per heavy atom. The molecule has 7 nitrogen and oxygen atoms in total. The van der Waals surface area contributed by atoms with Crippen LogP contribution < -0.4 is 14.8 Å². The summed E-state index contributed by atoms with van der Waals surface area (Å²) in [5, 5.41) is 4.76. The number of amidine groups is 1. The van der Waals surface area contributed by atoms with Gasteiger partial charge in [-0.2, -0.15) is 0 Å². The third-order valence-corrected chi connectivity index (χ3v) is 7.89. The van der Waals surface area contributed by atoms with Gasteiger partial charge in [0.25, 0.3) is 5.91 Å². The van der Waals surface area contributed by atoms with Crippen LogP contribution in [0.15, 0.2) is 96.1 Å². The van der Waals surface area contributed by atoms with Gasteiger partial charge in [-0.15, -0.1) is 0 Å². The summed E-state index contributed by atoms with van der Waals surface area (Å²) in [5.74, 6) is 1.63. The van der Waals surface area contributed by atoms with E-state index in [1.807, 2.05) is 93.7 Å². The van der Waals surface area contributed by atoms with Crippen molar-refractivity contribution in [3.05, 3.63) is 124 Å². The highest BCUT2D eigenvalue weighted by molar-refractivity contribution is 6.30. The lowest BCUT2D eigenvalue weighted by atomic mass is 9.79. The number of benzene rings is 3. The normalized spacial score (nSPS) is 17.7. The molecule has 1 aromatic heterocycles. The Labute approximate surface area is 262 Å². The molecule has 0 saturated heterocycles. The molecular weight excluding hydrogens is 583 g/mol. The van der Waals surface area contributed by atoms with Crippen LogP contribution in [0.5, 0.6) is 11.5 Å². The van der Waals surface area contributed by atoms with E-state index in [-0.39, 0.29) is 12.0 Å². The number of pyridine rings is 1. The smallest absolute Gasteiger partial charge is 0.255 e. The summed E-state index contributed by atoms with van der Waals surface area (Å²) in [6.07, 6.45) is 2.26. The molecule has 1 amide bonds. The number of aromatic nitrogens is 1. The molecule has 4 aromatic rings. The van der Waals surface area contributed by atoms with Gasteiger partial charge in [-0.25, -0.2) is 0 Å². The second-order valence-corrected chi connectivity index (χ2v) is 11.6. The summed E-state index contributed by atoms with van der Waals surface area (Å²) in [4.78, 5) is 26.2. The van der Waals surface area contributed by atoms with Gasteiger partial charge in [0, 0.05) is 48.0 Å². The van der Waals surface area contributed by atoms with Gasteiger partial charge in [0.15, 0.2) is 5.54 Å². The van der Waals surface area contributed by atoms with Gasteiger partial charge < -0.3 is 19.7 Å². The van der Waals surface area contributed by atoms with E-state index >= 15 is 0 Å². The topological polar surface area (TPSA) is 76.0 Å². The first-order valence-corrected chi connectivity index (χ1v) is 14.8. The van der Waals surface area contributed by atoms with Crippen LogP contribution in [0.2, 0.25) is 10.0 Å². The number of halogens is 2. The number of ether oxygens (including phenoxy) is 2. The molecular formula is C34H34Cl2N4O3. The second-order valence-electron chi connectivity index (χ2n) is 10.7. The van der Waals surface area contributed by atoms with Crippen molar-refractivity contribution < 1.29 is 14.3 Å². The van der Waals surface area contributed by atoms with Crippen molar-refractivity contribution in [2.75, 3.05) is 20.7 Å². The predicted octanol–water partition coefficient (Wildman–Crippen LogP) is 6.87. The van der Waals surface area contributed by atoms with Gasteiger partial charge in [-0.05, 0) is 73.5 Å². The molecule has 222 valence electrons. The van der Waals surface area contributed by atoms with Crippen LogP contribution in [0.3, 0.4) is 0 Å². The molecule has 9 heteroatoms. The molecule has 3 aromatic carbocycles. The van der Waals surface area contributed by atoms with E-state index in [0.717, 1.165) is 16.8 Å². The lowest BCUT2D eigenvalue weighted by Crippen LogP contribution is -2.56. The highest BCUT2D eigenvalue weighted by atomic mass is 35.5. The van der Waals surface area contributed by atoms with Crippen molar-refractivity contribution in [1.82, 2.24) is 15.2 Å². The molecule has 0 saturated carbocycles. The largest absolute Gasteiger partial charge is 0.497 e. The Morgan fingerprint density at radius 3 is 2.33 bits per heavy atom. The van der Waals surface area contributed by atoms with Crippen LogP contribution in [0.25, 0.3) is 0 Å². The Balaban J connectivity index is 1.65. The van der Waals surface area contributed by atoms with Crippen molar-refractivity contribution in [3.63, 3.8) is 0 Å². The van der Waals surface area contributed by atoms with Crippen LogP contribution in [0, 0.1) is 0 Å². The Kier molecular flexibility index (Phi) is 9.23. The average molecular weight is 618 g/mol. The van der Waals surface area contributed by atoms with E-state index < -0.39 is 11.6 Å². The number of hydrogen-bond donors (Lipinski definition) is 1. The number of rotatable bonds is 10. The number of aliphatic imine (C=N–C) groups is 1. The maximum absolute atomic E-state index is 14.8. The van der Waals surface area contributed by atoms with E-state index in [4.69, 9.17) is 37.7 Å². The van der Waals surface area contributed by atoms with Gasteiger partial charge in [0.05, 0.1) is 18.8 Å². The average Bonchev–Trinajstić information content (AvgIpc) is 3.41. The van der Waals surface area contributed by atoms with E-state index in [1.165, 1.54) is 0 Å². The Bertz CT molecular complexity index is 1590. The van der Waals surface area contributed by atoms with E-state index in [0.29, 0.717) is 45.9 Å². The molecule has 0 unspecified atom stereocenters. The number of carbonyl (C=O) groups excluding carboxylic acids is 1. The van der Waals surface area contributed by atoms with Crippen LogP contribution in [-0.4, -0.2) is 48.4 Å². The van der Waals surface area contributed by atoms with Gasteiger partial charge in [0.1, 0.15) is 23.4 Å². The molecule has 0 fully saturated rings. The summed E-state index contributed by atoms with van der Waals surface area (Å²) >= 11 is 12.6. The van der Waals surface area contributed by atoms with Gasteiger partial charge in [-0.1, -0.05) is 53.5 Å². The van der Waals surface area contributed by atoms with Gasteiger partial charge in [0.2, 0.25) is 0 Å². The molecule has 1 aliphatic heterocycles. The SMILES string of the molecule is COc1ccc(C2=N[C@H](c3ccc(Cl)cc3)[C@](C(=O)N(C)CCc3ccccn3)(c3ccc(Cl)cc3)N2)c(OC(C)C)c1. The fraction of sp³-hybridized carbons (Fsp3) is 0.265. The molecule has 0 aliphatic carbocycles. The zero-order valence-electron chi connectivity index (χ0n) is 24.6. The van der Waals surface area contributed by atoms with Crippen molar-refractivity contribution in [2.24, 2.45) is 4.99 Å². The monoisotopic (exact) mass is 616 g/mol. The van der Waals surface area contributed by atoms with Crippen LogP contribution in [0.4, 0.5) is 0 Å². The maximum atomic E-state index is 14.8. The van der Waals surface area contributed by atoms with Crippen molar-refractivity contribution in [2.45, 2.75) is 38.0 Å². The fourth-order valence-electron chi connectivity index (χ4n) is 5.26. The van der Waals surface area contributed by atoms with Crippen LogP contribution in [0.1, 0.15) is 42.3 Å². The molecule has 0 spiro atoms. The number of nitrogens with zero attached hydrogens (tertiary/aromatic N) is 3. The summed E-state index contributed by atoms with van der Waals surface area (Å²) in [5.41, 5.74) is 1.87. The lowest BCUT2D eigenvalue weighted by Gasteiger charge is -2.37. The first-order chi connectivity index (χ1) is 20.7. The number of hydrogen-bond acceptors (Lipinski definition) is 6. The molecule has 1 aliphatic rings. The first-order valence-electron chi connectivity index (χ1n) is 14.1. The quantitative estimate of drug-likeness (QED) is 0.210. The van der Waals surface area contributed by atoms with E-state index in [9.17, 15) is 4.79 Å². The number of carbonyl (C=O) groups is 1. The van der Waals surface area contributed by atoms with E-state index in [2.05, 4.69) is 10.3 Å². The molecule has 5 rings (SSSR count). The Morgan fingerprint density at radius 1 is 1.00 bits per heavy atom. The molecule has 2 heterocycles. The standard InChI is InChI=1S/C34H34Cl2N4O3/c1-22(2)43-30-21-28(42-4)16-17-29(30)32-38-31(23-8-12-25(35)13-9-23)34(39-32,24-10-14-26(36)15-11-24)33(41)40(3)20-18-27-7-5-6-19-37-27/h5-17,19,21-22,31H,18,20H2,1-4H3,(H,38,39)/t31-,34+/m1/s1.